The molecule has 0 saturated carbocycles. The second-order valence-corrected chi connectivity index (χ2v) is 9.20. The Morgan fingerprint density at radius 3 is 2.21 bits per heavy atom. The number of nitrogens with zero attached hydrogens (tertiary/aromatic N) is 3. The summed E-state index contributed by atoms with van der Waals surface area (Å²) in [5.74, 6) is -0.195. The monoisotopic (exact) mass is 390 g/mol. The highest BCUT2D eigenvalue weighted by Gasteiger charge is 2.54. The minimum absolute atomic E-state index is 0.0664. The maximum atomic E-state index is 10.1. The quantitative estimate of drug-likeness (QED) is 0.711. The predicted octanol–water partition coefficient (Wildman–Crippen LogP) is 5.21. The summed E-state index contributed by atoms with van der Waals surface area (Å²) in [7, 11) is 0. The van der Waals surface area contributed by atoms with Crippen molar-refractivity contribution in [2.24, 2.45) is 28.4 Å². The lowest BCUT2D eigenvalue weighted by Crippen LogP contribution is -2.44. The van der Waals surface area contributed by atoms with E-state index in [0.29, 0.717) is 16.5 Å². The number of rotatable bonds is 1. The summed E-state index contributed by atoms with van der Waals surface area (Å²) in [6.07, 6.45) is 3.75. The lowest BCUT2D eigenvalue weighted by Gasteiger charge is -2.47. The first-order chi connectivity index (χ1) is 13.2. The van der Waals surface area contributed by atoms with Gasteiger partial charge in [0.25, 0.3) is 0 Å². The Labute approximate surface area is 171 Å². The van der Waals surface area contributed by atoms with E-state index in [4.69, 9.17) is 17.3 Å². The molecule has 0 unspecified atom stereocenters. The minimum atomic E-state index is -1.58. The number of allylic oxidation sites excluding steroid dienone is 4. The molecule has 0 bridgehead atoms. The van der Waals surface area contributed by atoms with Crippen molar-refractivity contribution in [1.29, 1.82) is 15.8 Å². The van der Waals surface area contributed by atoms with Crippen molar-refractivity contribution in [3.63, 3.8) is 0 Å². The first kappa shape index (κ1) is 20.0. The largest absolute Gasteiger partial charge is 0.399 e. The highest BCUT2D eigenvalue weighted by molar-refractivity contribution is 6.30. The predicted molar refractivity (Wildman–Crippen MR) is 108 cm³/mol. The van der Waals surface area contributed by atoms with Crippen LogP contribution in [0.4, 0.5) is 0 Å². The highest BCUT2D eigenvalue weighted by atomic mass is 35.5. The maximum Gasteiger partial charge on any atom is 0.191 e. The molecule has 4 nitrogen and oxygen atoms in total. The fraction of sp³-hybridized carbons (Fsp3) is 0.435. The summed E-state index contributed by atoms with van der Waals surface area (Å²) < 4.78 is 0. The van der Waals surface area contributed by atoms with Gasteiger partial charge in [0.1, 0.15) is 6.07 Å². The van der Waals surface area contributed by atoms with E-state index >= 15 is 0 Å². The Balaban J connectivity index is 2.29. The smallest absolute Gasteiger partial charge is 0.191 e. The van der Waals surface area contributed by atoms with Crippen molar-refractivity contribution in [1.82, 2.24) is 0 Å². The number of fused-ring (bicyclic) bond motifs is 1. The van der Waals surface area contributed by atoms with Gasteiger partial charge >= 0.3 is 0 Å². The summed E-state index contributed by atoms with van der Waals surface area (Å²) in [5, 5.41) is 30.5. The van der Waals surface area contributed by atoms with Crippen molar-refractivity contribution in [2.45, 2.75) is 39.5 Å². The van der Waals surface area contributed by atoms with Crippen molar-refractivity contribution in [2.75, 3.05) is 0 Å². The zero-order valence-electron chi connectivity index (χ0n) is 16.3. The van der Waals surface area contributed by atoms with Gasteiger partial charge in [0.2, 0.25) is 0 Å². The van der Waals surface area contributed by atoms with E-state index in [1.807, 2.05) is 12.1 Å². The summed E-state index contributed by atoms with van der Waals surface area (Å²) in [6, 6.07) is 13.8. The molecule has 2 aliphatic carbocycles. The number of hydrogen-bond acceptors (Lipinski definition) is 4. The van der Waals surface area contributed by atoms with Gasteiger partial charge in [-0.3, -0.25) is 0 Å². The van der Waals surface area contributed by atoms with Crippen molar-refractivity contribution >= 4 is 11.6 Å². The fourth-order valence-corrected chi connectivity index (χ4v) is 4.77. The first-order valence-electron chi connectivity index (χ1n) is 9.38. The second kappa shape index (κ2) is 7.01. The van der Waals surface area contributed by atoms with Gasteiger partial charge in [0, 0.05) is 10.9 Å². The van der Waals surface area contributed by atoms with Crippen LogP contribution in [0.1, 0.15) is 45.1 Å². The third-order valence-corrected chi connectivity index (χ3v) is 6.58. The van der Waals surface area contributed by atoms with Gasteiger partial charge in [-0.2, -0.15) is 15.8 Å². The second-order valence-electron chi connectivity index (χ2n) is 8.76. The molecule has 1 aromatic carbocycles. The molecule has 0 fully saturated rings. The van der Waals surface area contributed by atoms with E-state index in [1.54, 1.807) is 12.1 Å². The van der Waals surface area contributed by atoms with Gasteiger partial charge in [-0.1, -0.05) is 50.6 Å². The number of nitriles is 3. The summed E-state index contributed by atoms with van der Waals surface area (Å²) in [4.78, 5) is 0. The zero-order chi connectivity index (χ0) is 20.7. The van der Waals surface area contributed by atoms with E-state index < -0.39 is 11.3 Å². The SMILES string of the molecule is CC(C)(C)[C@@H]1CC=C2C(C#N)=C(N)C(C#N)(C#N)[C@@H](c3ccc(Cl)cc3)[C@@H]2C1. The van der Waals surface area contributed by atoms with Gasteiger partial charge in [-0.25, -0.2) is 0 Å². The molecule has 3 rings (SSSR count). The fourth-order valence-electron chi connectivity index (χ4n) is 4.64. The van der Waals surface area contributed by atoms with Crippen LogP contribution in [0.5, 0.6) is 0 Å². The van der Waals surface area contributed by atoms with Gasteiger partial charge in [-0.05, 0) is 53.4 Å². The Morgan fingerprint density at radius 1 is 1.11 bits per heavy atom. The zero-order valence-corrected chi connectivity index (χ0v) is 17.1. The summed E-state index contributed by atoms with van der Waals surface area (Å²) in [6.45, 7) is 6.61. The molecule has 0 amide bonds. The molecule has 0 spiro atoms. The molecule has 3 atom stereocenters. The van der Waals surface area contributed by atoms with E-state index in [-0.39, 0.29) is 17.0 Å². The molecule has 0 radical (unpaired) electrons. The average molecular weight is 391 g/mol. The molecule has 0 saturated heterocycles. The van der Waals surface area contributed by atoms with Crippen LogP contribution >= 0.6 is 11.6 Å². The standard InChI is InChI=1S/C23H23ClN4/c1-22(2,3)15-6-9-17-18(10-15)20(14-4-7-16(24)8-5-14)23(12-26,13-27)21(28)19(17)11-25/h4-5,7-9,15,18,20H,6,10,28H2,1-3H3/t15-,18-,20+/m1/s1. The van der Waals surface area contributed by atoms with Crippen LogP contribution in [0.25, 0.3) is 0 Å². The normalized spacial score (nSPS) is 26.3. The van der Waals surface area contributed by atoms with Crippen LogP contribution in [-0.4, -0.2) is 0 Å². The van der Waals surface area contributed by atoms with Crippen LogP contribution in [0.2, 0.25) is 5.02 Å². The minimum Gasteiger partial charge on any atom is -0.399 e. The summed E-state index contributed by atoms with van der Waals surface area (Å²) in [5.41, 5.74) is 6.90. The van der Waals surface area contributed by atoms with E-state index in [0.717, 1.165) is 24.0 Å². The van der Waals surface area contributed by atoms with Gasteiger partial charge < -0.3 is 5.73 Å². The third-order valence-electron chi connectivity index (χ3n) is 6.33. The molecule has 5 heteroatoms. The van der Waals surface area contributed by atoms with Crippen LogP contribution in [0.15, 0.2) is 47.2 Å². The summed E-state index contributed by atoms with van der Waals surface area (Å²) >= 11 is 6.07. The molecular weight excluding hydrogens is 368 g/mol. The molecule has 2 aliphatic rings. The number of halogens is 1. The maximum absolute atomic E-state index is 10.1. The average Bonchev–Trinajstić information content (AvgIpc) is 2.67. The van der Waals surface area contributed by atoms with E-state index in [2.05, 4.69) is 45.1 Å². The van der Waals surface area contributed by atoms with Crippen LogP contribution in [0.3, 0.4) is 0 Å². The molecule has 142 valence electrons. The van der Waals surface area contributed by atoms with Gasteiger partial charge in [0.05, 0.1) is 23.4 Å². The number of nitrogens with two attached hydrogens (primary N) is 1. The van der Waals surface area contributed by atoms with Crippen LogP contribution in [-0.2, 0) is 0 Å². The lowest BCUT2D eigenvalue weighted by atomic mass is 9.54. The lowest BCUT2D eigenvalue weighted by molar-refractivity contribution is 0.170. The highest BCUT2D eigenvalue weighted by Crippen LogP contribution is 2.57. The topological polar surface area (TPSA) is 97.4 Å². The number of benzene rings is 1. The molecular formula is C23H23ClN4. The Kier molecular flexibility index (Phi) is 5.01. The number of hydrogen-bond donors (Lipinski definition) is 1. The molecule has 0 aromatic heterocycles. The van der Waals surface area contributed by atoms with Crippen molar-refractivity contribution < 1.29 is 0 Å². The first-order valence-corrected chi connectivity index (χ1v) is 9.76. The molecule has 28 heavy (non-hydrogen) atoms. The van der Waals surface area contributed by atoms with Gasteiger partial charge in [0.15, 0.2) is 5.41 Å². The Hall–Kier alpha value is -2.74. The Morgan fingerprint density at radius 2 is 1.71 bits per heavy atom. The molecule has 0 aliphatic heterocycles. The van der Waals surface area contributed by atoms with Crippen LogP contribution in [0, 0.1) is 56.7 Å². The Bertz CT molecular complexity index is 960. The third kappa shape index (κ3) is 2.97. The molecule has 1 aromatic rings. The van der Waals surface area contributed by atoms with Gasteiger partial charge in [-0.15, -0.1) is 0 Å². The molecule has 0 heterocycles. The molecule has 2 N–H and O–H groups in total. The van der Waals surface area contributed by atoms with Crippen molar-refractivity contribution in [3.05, 3.63) is 57.8 Å². The van der Waals surface area contributed by atoms with Crippen LogP contribution < -0.4 is 5.73 Å². The van der Waals surface area contributed by atoms with E-state index in [1.165, 1.54) is 0 Å². The van der Waals surface area contributed by atoms with Crippen molar-refractivity contribution in [3.8, 4) is 18.2 Å². The van der Waals surface area contributed by atoms with E-state index in [9.17, 15) is 15.8 Å².